The van der Waals surface area contributed by atoms with E-state index in [9.17, 15) is 4.79 Å². The standard InChI is InChI=1S/C11H14ClNO3/c1-7(16-2)10(13-11(14)15)8-5-3-4-6-9(8)12/h3-7,10,13H,1-2H3,(H,14,15)/t7-,10+/m0/s1. The molecule has 1 aromatic carbocycles. The maximum atomic E-state index is 10.7. The summed E-state index contributed by atoms with van der Waals surface area (Å²) >= 11 is 6.01. The highest BCUT2D eigenvalue weighted by atomic mass is 35.5. The Morgan fingerprint density at radius 3 is 2.62 bits per heavy atom. The topological polar surface area (TPSA) is 58.6 Å². The molecule has 1 aromatic rings. The van der Waals surface area contributed by atoms with Crippen molar-refractivity contribution in [1.82, 2.24) is 5.32 Å². The number of carboxylic acid groups (broad SMARTS) is 1. The van der Waals surface area contributed by atoms with Crippen molar-refractivity contribution < 1.29 is 14.6 Å². The highest BCUT2D eigenvalue weighted by molar-refractivity contribution is 6.31. The predicted octanol–water partition coefficient (Wildman–Crippen LogP) is 2.68. The molecule has 88 valence electrons. The molecule has 0 fully saturated rings. The lowest BCUT2D eigenvalue weighted by Crippen LogP contribution is -2.35. The molecular weight excluding hydrogens is 230 g/mol. The fraction of sp³-hybridized carbons (Fsp3) is 0.364. The maximum absolute atomic E-state index is 10.7. The largest absolute Gasteiger partial charge is 0.465 e. The number of hydrogen-bond acceptors (Lipinski definition) is 2. The minimum atomic E-state index is -1.10. The lowest BCUT2D eigenvalue weighted by molar-refractivity contribution is 0.0812. The molecule has 0 aliphatic heterocycles. The Kier molecular flexibility index (Phi) is 4.58. The highest BCUT2D eigenvalue weighted by Crippen LogP contribution is 2.26. The maximum Gasteiger partial charge on any atom is 0.405 e. The molecule has 0 saturated heterocycles. The normalized spacial score (nSPS) is 14.2. The van der Waals surface area contributed by atoms with Crippen molar-refractivity contribution in [3.05, 3.63) is 34.9 Å². The molecule has 2 N–H and O–H groups in total. The van der Waals surface area contributed by atoms with E-state index in [0.29, 0.717) is 10.6 Å². The summed E-state index contributed by atoms with van der Waals surface area (Å²) in [7, 11) is 1.53. The first-order chi connectivity index (χ1) is 7.56. The van der Waals surface area contributed by atoms with Gasteiger partial charge in [-0.25, -0.2) is 4.79 Å². The Labute approximate surface area is 99.2 Å². The number of ether oxygens (including phenoxy) is 1. The van der Waals surface area contributed by atoms with Crippen LogP contribution < -0.4 is 5.32 Å². The summed E-state index contributed by atoms with van der Waals surface area (Å²) in [5, 5.41) is 11.7. The minimum Gasteiger partial charge on any atom is -0.465 e. The molecule has 5 heteroatoms. The number of halogens is 1. The first kappa shape index (κ1) is 12.8. The molecule has 2 atom stereocenters. The second-order valence-corrected chi connectivity index (χ2v) is 3.80. The Morgan fingerprint density at radius 2 is 2.12 bits per heavy atom. The van der Waals surface area contributed by atoms with Crippen molar-refractivity contribution >= 4 is 17.7 Å². The van der Waals surface area contributed by atoms with Crippen LogP contribution in [-0.2, 0) is 4.74 Å². The molecule has 0 unspecified atom stereocenters. The first-order valence-electron chi connectivity index (χ1n) is 4.83. The fourth-order valence-electron chi connectivity index (χ4n) is 1.44. The Morgan fingerprint density at radius 1 is 1.50 bits per heavy atom. The van der Waals surface area contributed by atoms with Gasteiger partial charge < -0.3 is 15.2 Å². The fourth-order valence-corrected chi connectivity index (χ4v) is 1.70. The number of hydrogen-bond donors (Lipinski definition) is 2. The van der Waals surface area contributed by atoms with E-state index < -0.39 is 12.1 Å². The number of carbonyl (C=O) groups is 1. The van der Waals surface area contributed by atoms with Crippen LogP contribution in [0.1, 0.15) is 18.5 Å². The van der Waals surface area contributed by atoms with Crippen LogP contribution in [0.4, 0.5) is 4.79 Å². The third kappa shape index (κ3) is 3.12. The molecule has 0 bridgehead atoms. The molecule has 0 spiro atoms. The second kappa shape index (κ2) is 5.72. The van der Waals surface area contributed by atoms with E-state index in [0.717, 1.165) is 0 Å². The van der Waals surface area contributed by atoms with Gasteiger partial charge >= 0.3 is 6.09 Å². The summed E-state index contributed by atoms with van der Waals surface area (Å²) in [5.74, 6) is 0. The van der Waals surface area contributed by atoms with Crippen LogP contribution in [0.15, 0.2) is 24.3 Å². The zero-order chi connectivity index (χ0) is 12.1. The predicted molar refractivity (Wildman–Crippen MR) is 61.8 cm³/mol. The van der Waals surface area contributed by atoms with Gasteiger partial charge in [0.15, 0.2) is 0 Å². The number of rotatable bonds is 4. The molecule has 16 heavy (non-hydrogen) atoms. The number of benzene rings is 1. The van der Waals surface area contributed by atoms with Crippen LogP contribution >= 0.6 is 11.6 Å². The van der Waals surface area contributed by atoms with Crippen LogP contribution in [0.3, 0.4) is 0 Å². The molecule has 0 heterocycles. The van der Waals surface area contributed by atoms with Crippen molar-refractivity contribution in [2.24, 2.45) is 0 Å². The van der Waals surface area contributed by atoms with Crippen LogP contribution in [-0.4, -0.2) is 24.4 Å². The monoisotopic (exact) mass is 243 g/mol. The smallest absolute Gasteiger partial charge is 0.405 e. The van der Waals surface area contributed by atoms with E-state index in [1.807, 2.05) is 0 Å². The van der Waals surface area contributed by atoms with Gasteiger partial charge in [0.05, 0.1) is 12.1 Å². The Bertz CT molecular complexity index is 370. The van der Waals surface area contributed by atoms with Crippen LogP contribution in [0.25, 0.3) is 0 Å². The molecular formula is C11H14ClNO3. The average molecular weight is 244 g/mol. The van der Waals surface area contributed by atoms with Gasteiger partial charge in [-0.05, 0) is 18.6 Å². The average Bonchev–Trinajstić information content (AvgIpc) is 2.26. The molecule has 1 amide bonds. The van der Waals surface area contributed by atoms with Crippen molar-refractivity contribution in [3.63, 3.8) is 0 Å². The summed E-state index contributed by atoms with van der Waals surface area (Å²) in [6.45, 7) is 1.78. The van der Waals surface area contributed by atoms with Crippen LogP contribution in [0.5, 0.6) is 0 Å². The Balaban J connectivity index is 3.01. The molecule has 0 aromatic heterocycles. The van der Waals surface area contributed by atoms with E-state index in [-0.39, 0.29) is 6.10 Å². The molecule has 0 radical (unpaired) electrons. The van der Waals surface area contributed by atoms with Crippen molar-refractivity contribution in [1.29, 1.82) is 0 Å². The molecule has 1 rings (SSSR count). The second-order valence-electron chi connectivity index (χ2n) is 3.39. The zero-order valence-electron chi connectivity index (χ0n) is 9.11. The van der Waals surface area contributed by atoms with Crippen molar-refractivity contribution in [3.8, 4) is 0 Å². The quantitative estimate of drug-likeness (QED) is 0.855. The van der Waals surface area contributed by atoms with Crippen molar-refractivity contribution in [2.75, 3.05) is 7.11 Å². The number of methoxy groups -OCH3 is 1. The number of nitrogens with one attached hydrogen (secondary N) is 1. The summed E-state index contributed by atoms with van der Waals surface area (Å²) in [5.41, 5.74) is 0.709. The van der Waals surface area contributed by atoms with Gasteiger partial charge in [0.2, 0.25) is 0 Å². The molecule has 0 aliphatic rings. The van der Waals surface area contributed by atoms with Gasteiger partial charge in [0.25, 0.3) is 0 Å². The molecule has 0 saturated carbocycles. The van der Waals surface area contributed by atoms with Crippen molar-refractivity contribution in [2.45, 2.75) is 19.1 Å². The van der Waals surface area contributed by atoms with E-state index in [1.54, 1.807) is 31.2 Å². The molecule has 0 aliphatic carbocycles. The third-order valence-corrected chi connectivity index (χ3v) is 2.70. The zero-order valence-corrected chi connectivity index (χ0v) is 9.86. The third-order valence-electron chi connectivity index (χ3n) is 2.36. The van der Waals surface area contributed by atoms with Gasteiger partial charge in [-0.2, -0.15) is 0 Å². The van der Waals surface area contributed by atoms with Gasteiger partial charge in [-0.3, -0.25) is 0 Å². The Hall–Kier alpha value is -1.26. The lowest BCUT2D eigenvalue weighted by Gasteiger charge is -2.23. The SMILES string of the molecule is CO[C@@H](C)[C@@H](NC(=O)O)c1ccccc1Cl. The summed E-state index contributed by atoms with van der Waals surface area (Å²) in [6.07, 6.45) is -1.40. The summed E-state index contributed by atoms with van der Waals surface area (Å²) in [4.78, 5) is 10.7. The van der Waals surface area contributed by atoms with Gasteiger partial charge in [-0.1, -0.05) is 29.8 Å². The summed E-state index contributed by atoms with van der Waals surface area (Å²) in [6, 6.07) is 6.62. The van der Waals surface area contributed by atoms with E-state index in [2.05, 4.69) is 5.32 Å². The van der Waals surface area contributed by atoms with Crippen LogP contribution in [0.2, 0.25) is 5.02 Å². The first-order valence-corrected chi connectivity index (χ1v) is 5.20. The van der Waals surface area contributed by atoms with E-state index in [1.165, 1.54) is 7.11 Å². The minimum absolute atomic E-state index is 0.295. The van der Waals surface area contributed by atoms with Gasteiger partial charge in [0, 0.05) is 12.1 Å². The summed E-state index contributed by atoms with van der Waals surface area (Å²) < 4.78 is 5.14. The van der Waals surface area contributed by atoms with Gasteiger partial charge in [-0.15, -0.1) is 0 Å². The lowest BCUT2D eigenvalue weighted by atomic mass is 10.0. The van der Waals surface area contributed by atoms with E-state index >= 15 is 0 Å². The van der Waals surface area contributed by atoms with Crippen LogP contribution in [0, 0.1) is 0 Å². The highest BCUT2D eigenvalue weighted by Gasteiger charge is 2.22. The van der Waals surface area contributed by atoms with E-state index in [4.69, 9.17) is 21.4 Å². The van der Waals surface area contributed by atoms with Gasteiger partial charge in [0.1, 0.15) is 0 Å². The molecule has 4 nitrogen and oxygen atoms in total. The number of amides is 1.